The van der Waals surface area contributed by atoms with Crippen molar-refractivity contribution in [3.05, 3.63) is 85.8 Å². The van der Waals surface area contributed by atoms with Crippen LogP contribution in [0, 0.1) is 6.92 Å². The molecule has 0 radical (unpaired) electrons. The van der Waals surface area contributed by atoms with Crippen LogP contribution >= 0.6 is 31.9 Å². The van der Waals surface area contributed by atoms with Crippen LogP contribution in [0.4, 0.5) is 0 Å². The molecule has 0 aromatic heterocycles. The second-order valence-electron chi connectivity index (χ2n) is 9.91. The van der Waals surface area contributed by atoms with Crippen molar-refractivity contribution in [3.8, 4) is 17.2 Å². The number of nitrogens with two attached hydrogens (primary N) is 1. The molecule has 12 heteroatoms. The molecule has 2 heterocycles. The number of carbonyl (C=O) groups is 3. The van der Waals surface area contributed by atoms with Crippen molar-refractivity contribution in [2.45, 2.75) is 44.5 Å². The van der Waals surface area contributed by atoms with Gasteiger partial charge in [-0.1, -0.05) is 36.4 Å². The summed E-state index contributed by atoms with van der Waals surface area (Å²) >= 11 is 7.02. The van der Waals surface area contributed by atoms with Crippen molar-refractivity contribution in [1.82, 2.24) is 10.6 Å². The molecule has 4 bridgehead atoms. The van der Waals surface area contributed by atoms with Crippen LogP contribution < -0.4 is 21.1 Å². The van der Waals surface area contributed by atoms with E-state index >= 15 is 0 Å². The molecule has 5 rings (SSSR count). The predicted octanol–water partition coefficient (Wildman–Crippen LogP) is 3.80. The largest absolute Gasteiger partial charge is 0.504 e. The van der Waals surface area contributed by atoms with Crippen LogP contribution in [-0.4, -0.2) is 54.7 Å². The van der Waals surface area contributed by atoms with E-state index in [4.69, 9.17) is 19.9 Å². The van der Waals surface area contributed by atoms with Gasteiger partial charge in [-0.25, -0.2) is 4.79 Å². The lowest BCUT2D eigenvalue weighted by Crippen LogP contribution is -2.56. The molecular weight excluding hydrogens is 674 g/mol. The van der Waals surface area contributed by atoms with E-state index in [-0.39, 0.29) is 37.6 Å². The monoisotopic (exact) mass is 703 g/mol. The standard InChI is InChI=1S/C30H31Br2N3O7/c1-16-8-18-11-22(33)28(37)35-24(15-41-14-17-6-4-3-5-7-17)29(38)34-23(30(39)40-2)12-19-9-20(31)27(21(32)10-19)42-25(13-18)26(16)36/h3-10,13,22-24,36H,11-12,14-15,33H2,1-2H3,(H,34,38)(H,35,37). The molecule has 3 aromatic rings. The van der Waals surface area contributed by atoms with Gasteiger partial charge in [-0.05, 0) is 85.7 Å². The van der Waals surface area contributed by atoms with Gasteiger partial charge in [0.05, 0.1) is 35.3 Å². The molecule has 2 aliphatic heterocycles. The van der Waals surface area contributed by atoms with Crippen LogP contribution in [0.25, 0.3) is 0 Å². The summed E-state index contributed by atoms with van der Waals surface area (Å²) in [6.07, 6.45) is 0.162. The van der Waals surface area contributed by atoms with Crippen LogP contribution in [0.2, 0.25) is 0 Å². The third-order valence-corrected chi connectivity index (χ3v) is 7.84. The third kappa shape index (κ3) is 7.88. The molecular formula is C30H31Br2N3O7. The summed E-state index contributed by atoms with van der Waals surface area (Å²) in [4.78, 5) is 39.4. The van der Waals surface area contributed by atoms with Gasteiger partial charge >= 0.3 is 5.97 Å². The van der Waals surface area contributed by atoms with Crippen LogP contribution in [0.3, 0.4) is 0 Å². The van der Waals surface area contributed by atoms with Crippen LogP contribution in [-0.2, 0) is 43.3 Å². The second kappa shape index (κ2) is 14.1. The molecule has 2 amide bonds. The first-order chi connectivity index (χ1) is 20.0. The number of fused-ring (bicyclic) bond motifs is 10. The van der Waals surface area contributed by atoms with Crippen molar-refractivity contribution < 1.29 is 33.7 Å². The summed E-state index contributed by atoms with van der Waals surface area (Å²) in [5.74, 6) is -1.41. The number of benzene rings is 3. The van der Waals surface area contributed by atoms with E-state index in [2.05, 4.69) is 42.5 Å². The van der Waals surface area contributed by atoms with E-state index in [0.717, 1.165) is 5.56 Å². The van der Waals surface area contributed by atoms with Crippen molar-refractivity contribution in [2.75, 3.05) is 13.7 Å². The second-order valence-corrected chi connectivity index (χ2v) is 11.6. The first kappa shape index (κ1) is 31.5. The van der Waals surface area contributed by atoms with Crippen LogP contribution in [0.5, 0.6) is 17.2 Å². The quantitative estimate of drug-likeness (QED) is 0.293. The molecule has 0 saturated heterocycles. The number of carbonyl (C=O) groups excluding carboxylic acids is 3. The molecule has 0 spiro atoms. The van der Waals surface area contributed by atoms with Gasteiger partial charge in [0, 0.05) is 6.42 Å². The Morgan fingerprint density at radius 2 is 1.69 bits per heavy atom. The molecule has 3 aromatic carbocycles. The van der Waals surface area contributed by atoms with E-state index in [1.807, 2.05) is 30.3 Å². The van der Waals surface area contributed by atoms with E-state index in [1.165, 1.54) is 7.11 Å². The van der Waals surface area contributed by atoms with Gasteiger partial charge in [-0.3, -0.25) is 9.59 Å². The van der Waals surface area contributed by atoms with Gasteiger partial charge < -0.3 is 35.7 Å². The van der Waals surface area contributed by atoms with Crippen molar-refractivity contribution in [3.63, 3.8) is 0 Å². The number of aryl methyl sites for hydroxylation is 1. The smallest absolute Gasteiger partial charge is 0.328 e. The molecule has 0 fully saturated rings. The first-order valence-electron chi connectivity index (χ1n) is 13.1. The average Bonchev–Trinajstić information content (AvgIpc) is 2.96. The highest BCUT2D eigenvalue weighted by Crippen LogP contribution is 2.42. The molecule has 3 atom stereocenters. The third-order valence-electron chi connectivity index (χ3n) is 6.66. The van der Waals surface area contributed by atoms with E-state index in [9.17, 15) is 19.5 Å². The Kier molecular flexibility index (Phi) is 10.6. The molecule has 2 aliphatic rings. The zero-order chi connectivity index (χ0) is 30.4. The highest BCUT2D eigenvalue weighted by atomic mass is 79.9. The number of amides is 2. The zero-order valence-corrected chi connectivity index (χ0v) is 26.2. The molecule has 3 unspecified atom stereocenters. The van der Waals surface area contributed by atoms with E-state index in [0.29, 0.717) is 31.4 Å². The Morgan fingerprint density at radius 1 is 1.02 bits per heavy atom. The summed E-state index contributed by atoms with van der Waals surface area (Å²) in [6, 6.07) is 12.9. The fourth-order valence-electron chi connectivity index (χ4n) is 4.47. The number of phenols is 1. The summed E-state index contributed by atoms with van der Waals surface area (Å²) < 4.78 is 17.9. The Balaban J connectivity index is 1.70. The maximum atomic E-state index is 13.5. The van der Waals surface area contributed by atoms with Gasteiger partial charge in [0.1, 0.15) is 12.1 Å². The lowest BCUT2D eigenvalue weighted by atomic mass is 10.0. The number of hydrogen-bond acceptors (Lipinski definition) is 8. The number of phenolic OH excluding ortho intramolecular Hbond substituents is 1. The van der Waals surface area contributed by atoms with Crippen molar-refractivity contribution >= 4 is 49.6 Å². The highest BCUT2D eigenvalue weighted by molar-refractivity contribution is 9.11. The van der Waals surface area contributed by atoms with Gasteiger partial charge in [0.2, 0.25) is 11.8 Å². The Bertz CT molecular complexity index is 1450. The fraction of sp³-hybridized carbons (Fsp3) is 0.300. The van der Waals surface area contributed by atoms with Crippen molar-refractivity contribution in [2.24, 2.45) is 5.73 Å². The Labute approximate surface area is 260 Å². The Hall–Kier alpha value is -3.45. The number of halogens is 2. The maximum absolute atomic E-state index is 13.5. The molecule has 0 aliphatic carbocycles. The molecule has 42 heavy (non-hydrogen) atoms. The normalized spacial score (nSPS) is 19.3. The molecule has 0 saturated carbocycles. The number of rotatable bonds is 5. The number of methoxy groups -OCH3 is 1. The maximum Gasteiger partial charge on any atom is 0.328 e. The van der Waals surface area contributed by atoms with E-state index in [1.54, 1.807) is 31.2 Å². The first-order valence-corrected chi connectivity index (χ1v) is 14.7. The summed E-state index contributed by atoms with van der Waals surface area (Å²) in [5, 5.41) is 16.1. The van der Waals surface area contributed by atoms with Gasteiger partial charge in [0.25, 0.3) is 0 Å². The molecule has 222 valence electrons. The van der Waals surface area contributed by atoms with Gasteiger partial charge in [-0.2, -0.15) is 0 Å². The lowest BCUT2D eigenvalue weighted by Gasteiger charge is -2.24. The Morgan fingerprint density at radius 3 is 2.36 bits per heavy atom. The number of nitrogens with one attached hydrogen (secondary N) is 2. The lowest BCUT2D eigenvalue weighted by molar-refractivity contribution is -0.145. The summed E-state index contributed by atoms with van der Waals surface area (Å²) in [7, 11) is 1.23. The molecule has 10 nitrogen and oxygen atoms in total. The minimum absolute atomic E-state index is 0.0613. The number of ether oxygens (including phenoxy) is 3. The predicted molar refractivity (Wildman–Crippen MR) is 162 cm³/mol. The summed E-state index contributed by atoms with van der Waals surface area (Å²) in [6.45, 7) is 1.75. The minimum atomic E-state index is -1.16. The van der Waals surface area contributed by atoms with Crippen molar-refractivity contribution in [1.29, 1.82) is 0 Å². The van der Waals surface area contributed by atoms with Gasteiger partial charge in [0.15, 0.2) is 17.2 Å². The summed E-state index contributed by atoms with van der Waals surface area (Å²) in [5.41, 5.74) is 8.99. The minimum Gasteiger partial charge on any atom is -0.504 e. The van der Waals surface area contributed by atoms with Crippen LogP contribution in [0.1, 0.15) is 22.3 Å². The highest BCUT2D eigenvalue weighted by Gasteiger charge is 2.30. The number of hydrogen-bond donors (Lipinski definition) is 4. The topological polar surface area (TPSA) is 149 Å². The van der Waals surface area contributed by atoms with Crippen LogP contribution in [0.15, 0.2) is 63.5 Å². The van der Waals surface area contributed by atoms with Gasteiger partial charge in [-0.15, -0.1) is 0 Å². The SMILES string of the molecule is COC(=O)C1Cc2cc(Br)c(c(Br)c2)Oc2cc(cc(C)c2O)CC(N)C(=O)NC(COCc2ccccc2)C(=O)N1. The zero-order valence-electron chi connectivity index (χ0n) is 23.0. The fourth-order valence-corrected chi connectivity index (χ4v) is 5.92. The number of aromatic hydroxyl groups is 1. The number of esters is 1. The molecule has 5 N–H and O–H groups in total. The average molecular weight is 705 g/mol. The van der Waals surface area contributed by atoms with E-state index < -0.39 is 35.9 Å².